The minimum absolute atomic E-state index is 0.0460. The fourth-order valence-corrected chi connectivity index (χ4v) is 2.94. The molecule has 148 valence electrons. The summed E-state index contributed by atoms with van der Waals surface area (Å²) in [5.74, 6) is 0.992. The highest BCUT2D eigenvalue weighted by Crippen LogP contribution is 2.17. The van der Waals surface area contributed by atoms with Crippen LogP contribution >= 0.6 is 0 Å². The highest BCUT2D eigenvalue weighted by Gasteiger charge is 2.26. The Hall–Kier alpha value is -2.05. The third-order valence-corrected chi connectivity index (χ3v) is 4.77. The molecule has 1 saturated heterocycles. The fraction of sp³-hybridized carbons (Fsp3) is 0.737. The van der Waals surface area contributed by atoms with E-state index in [0.29, 0.717) is 12.5 Å². The van der Waals surface area contributed by atoms with Gasteiger partial charge in [0, 0.05) is 45.7 Å². The van der Waals surface area contributed by atoms with Crippen LogP contribution in [0, 0.1) is 5.92 Å². The molecule has 2 amide bonds. The molecule has 1 aliphatic heterocycles. The van der Waals surface area contributed by atoms with E-state index in [0.717, 1.165) is 38.8 Å². The van der Waals surface area contributed by atoms with Crippen LogP contribution in [0.15, 0.2) is 17.6 Å². The van der Waals surface area contributed by atoms with Gasteiger partial charge < -0.3 is 20.4 Å². The Morgan fingerprint density at radius 3 is 2.38 bits per heavy atom. The minimum Gasteiger partial charge on any atom is -0.354 e. The Bertz CT molecular complexity index is 492. The number of guanidine groups is 1. The molecular weight excluding hydrogens is 330 g/mol. The van der Waals surface area contributed by atoms with Crippen LogP contribution in [0.3, 0.4) is 0 Å². The van der Waals surface area contributed by atoms with Gasteiger partial charge in [-0.3, -0.25) is 9.59 Å². The molecule has 0 radical (unpaired) electrons. The van der Waals surface area contributed by atoms with Crippen LogP contribution in [-0.2, 0) is 9.59 Å². The van der Waals surface area contributed by atoms with Crippen molar-refractivity contribution in [3.05, 3.63) is 12.7 Å². The van der Waals surface area contributed by atoms with Crippen molar-refractivity contribution in [3.63, 3.8) is 0 Å². The third-order valence-electron chi connectivity index (χ3n) is 4.77. The molecule has 1 rings (SSSR count). The molecular formula is C19H35N5O2. The normalized spacial score (nSPS) is 15.7. The molecule has 0 aromatic carbocycles. The zero-order valence-electron chi connectivity index (χ0n) is 16.8. The van der Waals surface area contributed by atoms with Crippen LogP contribution in [0.5, 0.6) is 0 Å². The van der Waals surface area contributed by atoms with E-state index in [1.807, 2.05) is 4.90 Å². The first kappa shape index (κ1) is 22.0. The van der Waals surface area contributed by atoms with Gasteiger partial charge in [-0.15, -0.1) is 6.58 Å². The van der Waals surface area contributed by atoms with Gasteiger partial charge in [-0.2, -0.15) is 0 Å². The largest absolute Gasteiger partial charge is 0.354 e. The summed E-state index contributed by atoms with van der Waals surface area (Å²) in [7, 11) is 3.43. The van der Waals surface area contributed by atoms with Crippen LogP contribution in [0.4, 0.5) is 0 Å². The van der Waals surface area contributed by atoms with E-state index < -0.39 is 0 Å². The molecule has 0 unspecified atom stereocenters. The molecule has 1 heterocycles. The number of nitrogens with one attached hydrogen (secondary N) is 2. The van der Waals surface area contributed by atoms with E-state index >= 15 is 0 Å². The standard InChI is InChI=1S/C19H35N5O2/c1-6-11-20-19(21-14-17(25)23(4)5)22-16-9-12-24(13-10-16)18(26)15(7-2)8-3/h6,15-16H,1,7-14H2,2-5H3,(H2,20,21,22). The lowest BCUT2D eigenvalue weighted by molar-refractivity contribution is -0.136. The average Bonchev–Trinajstić information content (AvgIpc) is 2.64. The summed E-state index contributed by atoms with van der Waals surface area (Å²) in [6.07, 6.45) is 5.30. The first-order valence-corrected chi connectivity index (χ1v) is 9.57. The number of carbonyl (C=O) groups excluding carboxylic acids is 2. The number of amides is 2. The molecule has 7 nitrogen and oxygen atoms in total. The van der Waals surface area contributed by atoms with E-state index in [2.05, 4.69) is 36.1 Å². The third kappa shape index (κ3) is 7.06. The molecule has 0 aliphatic carbocycles. The van der Waals surface area contributed by atoms with Crippen LogP contribution in [0.1, 0.15) is 39.5 Å². The van der Waals surface area contributed by atoms with Crippen molar-refractivity contribution in [2.75, 3.05) is 40.3 Å². The molecule has 1 aliphatic rings. The highest BCUT2D eigenvalue weighted by atomic mass is 16.2. The van der Waals surface area contributed by atoms with Crippen molar-refractivity contribution in [2.24, 2.45) is 10.9 Å². The van der Waals surface area contributed by atoms with Crippen molar-refractivity contribution < 1.29 is 9.59 Å². The predicted octanol–water partition coefficient (Wildman–Crippen LogP) is 1.22. The van der Waals surface area contributed by atoms with Crippen LogP contribution in [0.2, 0.25) is 0 Å². The van der Waals surface area contributed by atoms with E-state index in [-0.39, 0.29) is 30.3 Å². The van der Waals surface area contributed by atoms with Gasteiger partial charge in [0.05, 0.1) is 0 Å². The molecule has 0 aromatic heterocycles. The van der Waals surface area contributed by atoms with Gasteiger partial charge in [-0.25, -0.2) is 4.99 Å². The quantitative estimate of drug-likeness (QED) is 0.385. The van der Waals surface area contributed by atoms with Crippen molar-refractivity contribution >= 4 is 17.8 Å². The summed E-state index contributed by atoms with van der Waals surface area (Å²) in [5, 5.41) is 6.54. The molecule has 2 N–H and O–H groups in total. The van der Waals surface area contributed by atoms with Crippen LogP contribution in [0.25, 0.3) is 0 Å². The topological polar surface area (TPSA) is 77.0 Å². The Balaban J connectivity index is 2.57. The highest BCUT2D eigenvalue weighted by molar-refractivity contribution is 5.85. The predicted molar refractivity (Wildman–Crippen MR) is 106 cm³/mol. The lowest BCUT2D eigenvalue weighted by Gasteiger charge is -2.34. The van der Waals surface area contributed by atoms with Gasteiger partial charge in [-0.05, 0) is 25.7 Å². The van der Waals surface area contributed by atoms with E-state index in [1.165, 1.54) is 4.90 Å². The summed E-state index contributed by atoms with van der Waals surface area (Å²) in [6.45, 7) is 10.1. The first-order chi connectivity index (χ1) is 12.4. The minimum atomic E-state index is -0.0460. The number of piperidine rings is 1. The summed E-state index contributed by atoms with van der Waals surface area (Å²) >= 11 is 0. The molecule has 0 aromatic rings. The number of likely N-dealkylation sites (N-methyl/N-ethyl adjacent to an activating group) is 1. The van der Waals surface area contributed by atoms with E-state index in [9.17, 15) is 9.59 Å². The van der Waals surface area contributed by atoms with Crippen LogP contribution in [-0.4, -0.2) is 73.9 Å². The summed E-state index contributed by atoms with van der Waals surface area (Å²) in [5.41, 5.74) is 0. The summed E-state index contributed by atoms with van der Waals surface area (Å²) < 4.78 is 0. The fourth-order valence-electron chi connectivity index (χ4n) is 2.94. The number of aliphatic imine (C=N–C) groups is 1. The second-order valence-electron chi connectivity index (χ2n) is 6.88. The Morgan fingerprint density at radius 2 is 1.88 bits per heavy atom. The summed E-state index contributed by atoms with van der Waals surface area (Å²) in [6, 6.07) is 0.242. The van der Waals surface area contributed by atoms with Crippen molar-refractivity contribution in [2.45, 2.75) is 45.6 Å². The number of likely N-dealkylation sites (tertiary alicyclic amines) is 1. The van der Waals surface area contributed by atoms with Gasteiger partial charge in [0.2, 0.25) is 11.8 Å². The Kier molecular flexibility index (Phi) is 9.76. The molecule has 0 atom stereocenters. The van der Waals surface area contributed by atoms with Gasteiger partial charge >= 0.3 is 0 Å². The maximum atomic E-state index is 12.5. The van der Waals surface area contributed by atoms with Crippen molar-refractivity contribution in [1.29, 1.82) is 0 Å². The second-order valence-corrected chi connectivity index (χ2v) is 6.88. The number of hydrogen-bond donors (Lipinski definition) is 2. The monoisotopic (exact) mass is 365 g/mol. The number of hydrogen-bond acceptors (Lipinski definition) is 3. The lowest BCUT2D eigenvalue weighted by atomic mass is 9.98. The van der Waals surface area contributed by atoms with Crippen LogP contribution < -0.4 is 10.6 Å². The average molecular weight is 366 g/mol. The molecule has 0 spiro atoms. The maximum Gasteiger partial charge on any atom is 0.243 e. The van der Waals surface area contributed by atoms with E-state index in [1.54, 1.807) is 20.2 Å². The molecule has 26 heavy (non-hydrogen) atoms. The Labute approximate surface area is 157 Å². The zero-order valence-corrected chi connectivity index (χ0v) is 16.8. The summed E-state index contributed by atoms with van der Waals surface area (Å²) in [4.78, 5) is 32.1. The van der Waals surface area contributed by atoms with Crippen molar-refractivity contribution in [1.82, 2.24) is 20.4 Å². The second kappa shape index (κ2) is 11.5. The number of nitrogens with zero attached hydrogens (tertiary/aromatic N) is 3. The molecule has 7 heteroatoms. The Morgan fingerprint density at radius 1 is 1.27 bits per heavy atom. The smallest absolute Gasteiger partial charge is 0.243 e. The zero-order chi connectivity index (χ0) is 19.5. The molecule has 0 saturated carbocycles. The van der Waals surface area contributed by atoms with Gasteiger partial charge in [0.1, 0.15) is 6.54 Å². The molecule has 1 fully saturated rings. The van der Waals surface area contributed by atoms with E-state index in [4.69, 9.17) is 0 Å². The van der Waals surface area contributed by atoms with Crippen molar-refractivity contribution in [3.8, 4) is 0 Å². The number of carbonyl (C=O) groups is 2. The SMILES string of the molecule is C=CCNC(=NCC(=O)N(C)C)NC1CCN(C(=O)C(CC)CC)CC1. The van der Waals surface area contributed by atoms with Gasteiger partial charge in [0.15, 0.2) is 5.96 Å². The number of rotatable bonds is 8. The first-order valence-electron chi connectivity index (χ1n) is 9.57. The van der Waals surface area contributed by atoms with Gasteiger partial charge in [-0.1, -0.05) is 19.9 Å². The molecule has 0 bridgehead atoms. The maximum absolute atomic E-state index is 12.5. The van der Waals surface area contributed by atoms with Gasteiger partial charge in [0.25, 0.3) is 0 Å². The lowest BCUT2D eigenvalue weighted by Crippen LogP contribution is -2.50.